The maximum absolute atomic E-state index is 13.0. The van der Waals surface area contributed by atoms with Crippen LogP contribution in [0.15, 0.2) is 5.38 Å². The average Bonchev–Trinajstić information content (AvgIpc) is 3.10. The van der Waals surface area contributed by atoms with Crippen LogP contribution in [0.5, 0.6) is 0 Å². The van der Waals surface area contributed by atoms with Gasteiger partial charge in [-0.25, -0.2) is 4.98 Å². The molecule has 0 spiro atoms. The molecule has 33 heavy (non-hydrogen) atoms. The lowest BCUT2D eigenvalue weighted by molar-refractivity contribution is -0.141. The summed E-state index contributed by atoms with van der Waals surface area (Å²) in [5.41, 5.74) is 0.333. The van der Waals surface area contributed by atoms with E-state index in [0.717, 1.165) is 17.8 Å². The molecule has 0 radical (unpaired) electrons. The molecular formula is C23H34N4O5S. The molecule has 1 aromatic heterocycles. The van der Waals surface area contributed by atoms with Gasteiger partial charge in [0.05, 0.1) is 12.1 Å². The smallest absolute Gasteiger partial charge is 0.325 e. The van der Waals surface area contributed by atoms with Crippen molar-refractivity contribution in [2.24, 2.45) is 16.7 Å². The third-order valence-electron chi connectivity index (χ3n) is 7.55. The Labute approximate surface area is 198 Å². The minimum Gasteiger partial charge on any atom is -0.468 e. The van der Waals surface area contributed by atoms with Crippen molar-refractivity contribution in [1.29, 1.82) is 0 Å². The van der Waals surface area contributed by atoms with Gasteiger partial charge in [-0.3, -0.25) is 19.2 Å². The van der Waals surface area contributed by atoms with Crippen molar-refractivity contribution in [2.75, 3.05) is 26.7 Å². The summed E-state index contributed by atoms with van der Waals surface area (Å²) in [5.74, 6) is -0.956. The van der Waals surface area contributed by atoms with Crippen LogP contribution in [0.2, 0.25) is 0 Å². The van der Waals surface area contributed by atoms with Gasteiger partial charge in [-0.05, 0) is 30.6 Å². The van der Waals surface area contributed by atoms with Crippen molar-refractivity contribution in [3.05, 3.63) is 16.1 Å². The molecule has 3 amide bonds. The summed E-state index contributed by atoms with van der Waals surface area (Å²) in [6.45, 7) is 11.3. The standard InChI is InChI=1S/C23H34N4O5S/c1-13(18(29)24-11-16(28)32-6)25-19(30)15-12-33-20(26-15)14-7-9-27(10-8-14)21(31)17-22(2,3)23(17,4)5/h12-14,17H,7-11H2,1-6H3,(H,24,29)(H,25,30). The number of carbonyl (C=O) groups is 4. The molecule has 3 rings (SSSR count). The van der Waals surface area contributed by atoms with Crippen molar-refractivity contribution in [3.8, 4) is 0 Å². The first-order valence-corrected chi connectivity index (χ1v) is 12.2. The maximum atomic E-state index is 13.0. The van der Waals surface area contributed by atoms with E-state index < -0.39 is 23.8 Å². The minimum atomic E-state index is -0.822. The highest BCUT2D eigenvalue weighted by atomic mass is 32.1. The number of nitrogens with one attached hydrogen (secondary N) is 2. The molecule has 1 aliphatic heterocycles. The molecule has 1 unspecified atom stereocenters. The van der Waals surface area contributed by atoms with Crippen LogP contribution in [0.25, 0.3) is 0 Å². The molecule has 182 valence electrons. The van der Waals surface area contributed by atoms with E-state index >= 15 is 0 Å². The molecule has 2 aliphatic rings. The van der Waals surface area contributed by atoms with Crippen LogP contribution in [-0.2, 0) is 19.1 Å². The normalized spacial score (nSPS) is 20.6. The second kappa shape index (κ2) is 9.40. The first-order valence-electron chi connectivity index (χ1n) is 11.3. The van der Waals surface area contributed by atoms with Gasteiger partial charge in [-0.2, -0.15) is 0 Å². The fraction of sp³-hybridized carbons (Fsp3) is 0.696. The van der Waals surface area contributed by atoms with Gasteiger partial charge in [0.15, 0.2) is 0 Å². The fourth-order valence-electron chi connectivity index (χ4n) is 4.64. The molecule has 1 aliphatic carbocycles. The number of hydrogen-bond donors (Lipinski definition) is 2. The molecule has 1 saturated carbocycles. The Morgan fingerprint density at radius 1 is 1.18 bits per heavy atom. The van der Waals surface area contributed by atoms with Crippen LogP contribution >= 0.6 is 11.3 Å². The number of likely N-dealkylation sites (tertiary alicyclic amines) is 1. The highest BCUT2D eigenvalue weighted by Crippen LogP contribution is 2.68. The molecule has 2 fully saturated rings. The van der Waals surface area contributed by atoms with E-state index in [1.807, 2.05) is 4.90 Å². The maximum Gasteiger partial charge on any atom is 0.325 e. The number of hydrogen-bond acceptors (Lipinski definition) is 7. The molecule has 2 heterocycles. The summed E-state index contributed by atoms with van der Waals surface area (Å²) in [4.78, 5) is 55.1. The largest absolute Gasteiger partial charge is 0.468 e. The zero-order valence-corrected chi connectivity index (χ0v) is 21.0. The number of amides is 3. The number of methoxy groups -OCH3 is 1. The number of ether oxygens (including phenoxy) is 1. The van der Waals surface area contributed by atoms with Gasteiger partial charge in [0, 0.05) is 30.3 Å². The Bertz CT molecular complexity index is 919. The Hall–Kier alpha value is -2.49. The lowest BCUT2D eigenvalue weighted by Crippen LogP contribution is -2.46. The number of thiazole rings is 1. The molecule has 2 N–H and O–H groups in total. The summed E-state index contributed by atoms with van der Waals surface area (Å²) in [7, 11) is 1.23. The van der Waals surface area contributed by atoms with Crippen molar-refractivity contribution in [3.63, 3.8) is 0 Å². The summed E-state index contributed by atoms with van der Waals surface area (Å²) >= 11 is 1.43. The molecule has 0 aromatic carbocycles. The average molecular weight is 479 g/mol. The van der Waals surface area contributed by atoms with Gasteiger partial charge >= 0.3 is 5.97 Å². The summed E-state index contributed by atoms with van der Waals surface area (Å²) in [5, 5.41) is 7.57. The highest BCUT2D eigenvalue weighted by molar-refractivity contribution is 7.09. The third kappa shape index (κ3) is 5.05. The molecule has 10 heteroatoms. The van der Waals surface area contributed by atoms with Crippen molar-refractivity contribution >= 4 is 35.0 Å². The topological polar surface area (TPSA) is 118 Å². The van der Waals surface area contributed by atoms with Crippen molar-refractivity contribution in [1.82, 2.24) is 20.5 Å². The summed E-state index contributed by atoms with van der Waals surface area (Å²) < 4.78 is 4.47. The molecule has 9 nitrogen and oxygen atoms in total. The van der Waals surface area contributed by atoms with Gasteiger partial charge in [0.2, 0.25) is 11.8 Å². The van der Waals surface area contributed by atoms with E-state index in [9.17, 15) is 19.2 Å². The Balaban J connectivity index is 1.50. The predicted molar refractivity (Wildman–Crippen MR) is 124 cm³/mol. The zero-order chi connectivity index (χ0) is 24.6. The van der Waals surface area contributed by atoms with E-state index in [2.05, 4.69) is 48.0 Å². The number of rotatable bonds is 7. The van der Waals surface area contributed by atoms with E-state index in [1.165, 1.54) is 25.4 Å². The van der Waals surface area contributed by atoms with Gasteiger partial charge in [-0.1, -0.05) is 27.7 Å². The van der Waals surface area contributed by atoms with E-state index in [4.69, 9.17) is 0 Å². The first kappa shape index (κ1) is 25.1. The van der Waals surface area contributed by atoms with E-state index in [1.54, 1.807) is 5.38 Å². The fourth-order valence-corrected chi connectivity index (χ4v) is 5.61. The minimum absolute atomic E-state index is 0.0336. The van der Waals surface area contributed by atoms with Gasteiger partial charge < -0.3 is 20.3 Å². The lowest BCUT2D eigenvalue weighted by atomic mass is 9.96. The van der Waals surface area contributed by atoms with Crippen LogP contribution in [0.3, 0.4) is 0 Å². The molecule has 0 bridgehead atoms. The number of nitrogens with zero attached hydrogens (tertiary/aromatic N) is 2. The van der Waals surface area contributed by atoms with Crippen molar-refractivity contribution in [2.45, 2.75) is 59.4 Å². The Kier molecular flexibility index (Phi) is 7.16. The SMILES string of the molecule is COC(=O)CNC(=O)C(C)NC(=O)c1csc(C2CCN(C(=O)C3C(C)(C)C3(C)C)CC2)n1. The van der Waals surface area contributed by atoms with E-state index in [-0.39, 0.29) is 40.8 Å². The summed E-state index contributed by atoms with van der Waals surface area (Å²) in [6, 6.07) is -0.822. The molecule has 1 aromatic rings. The zero-order valence-electron chi connectivity index (χ0n) is 20.2. The van der Waals surface area contributed by atoms with Crippen LogP contribution in [0, 0.1) is 16.7 Å². The third-order valence-corrected chi connectivity index (χ3v) is 8.56. The second-order valence-electron chi connectivity index (χ2n) is 10.0. The van der Waals surface area contributed by atoms with Crippen LogP contribution < -0.4 is 10.6 Å². The van der Waals surface area contributed by atoms with Gasteiger partial charge in [-0.15, -0.1) is 11.3 Å². The Morgan fingerprint density at radius 2 is 1.79 bits per heavy atom. The van der Waals surface area contributed by atoms with E-state index in [0.29, 0.717) is 13.1 Å². The number of esters is 1. The lowest BCUT2D eigenvalue weighted by Gasteiger charge is -2.31. The predicted octanol–water partition coefficient (Wildman–Crippen LogP) is 1.94. The van der Waals surface area contributed by atoms with Gasteiger partial charge in [0.25, 0.3) is 5.91 Å². The van der Waals surface area contributed by atoms with Crippen molar-refractivity contribution < 1.29 is 23.9 Å². The molecule has 1 saturated heterocycles. The van der Waals surface area contributed by atoms with Crippen LogP contribution in [-0.4, -0.2) is 66.4 Å². The van der Waals surface area contributed by atoms with Crippen LogP contribution in [0.1, 0.15) is 68.9 Å². The highest BCUT2D eigenvalue weighted by Gasteiger charge is 2.68. The number of aromatic nitrogens is 1. The summed E-state index contributed by atoms with van der Waals surface area (Å²) in [6.07, 6.45) is 1.64. The number of carbonyl (C=O) groups excluding carboxylic acids is 4. The van der Waals surface area contributed by atoms with Gasteiger partial charge in [0.1, 0.15) is 18.3 Å². The quantitative estimate of drug-likeness (QED) is 0.579. The second-order valence-corrected chi connectivity index (χ2v) is 10.9. The Morgan fingerprint density at radius 3 is 2.33 bits per heavy atom. The number of piperidine rings is 1. The molecule has 1 atom stereocenters. The monoisotopic (exact) mass is 478 g/mol. The van der Waals surface area contributed by atoms with Crippen LogP contribution in [0.4, 0.5) is 0 Å². The molecular weight excluding hydrogens is 444 g/mol. The first-order chi connectivity index (χ1) is 15.4.